The molecule has 5 nitrogen and oxygen atoms in total. The summed E-state index contributed by atoms with van der Waals surface area (Å²) in [4.78, 5) is 19.1. The Bertz CT molecular complexity index is 626. The predicted molar refractivity (Wildman–Crippen MR) is 77.1 cm³/mol. The lowest BCUT2D eigenvalue weighted by molar-refractivity contribution is 0.685. The third kappa shape index (κ3) is 3.36. The Kier molecular flexibility index (Phi) is 4.24. The van der Waals surface area contributed by atoms with E-state index in [0.29, 0.717) is 5.16 Å². The molecule has 0 amide bonds. The number of nitrogen functional groups attached to an aromatic ring is 1. The molecule has 0 saturated carbocycles. The molecule has 0 bridgehead atoms. The van der Waals surface area contributed by atoms with Crippen LogP contribution < -0.4 is 17.0 Å². The van der Waals surface area contributed by atoms with Crippen LogP contribution in [-0.4, -0.2) is 9.97 Å². The van der Waals surface area contributed by atoms with E-state index in [1.54, 1.807) is 0 Å². The smallest absolute Gasteiger partial charge is 0.253 e. The molecule has 0 unspecified atom stereocenters. The van der Waals surface area contributed by atoms with Crippen molar-refractivity contribution in [1.29, 1.82) is 0 Å². The molecule has 0 saturated heterocycles. The zero-order chi connectivity index (χ0) is 13.8. The van der Waals surface area contributed by atoms with E-state index < -0.39 is 0 Å². The normalized spacial score (nSPS) is 12.3. The molecule has 2 rings (SSSR count). The van der Waals surface area contributed by atoms with E-state index in [1.165, 1.54) is 17.8 Å². The zero-order valence-electron chi connectivity index (χ0n) is 10.6. The minimum Gasteiger partial charge on any atom is -0.383 e. The molecule has 19 heavy (non-hydrogen) atoms. The monoisotopic (exact) mass is 276 g/mol. The van der Waals surface area contributed by atoms with Crippen LogP contribution in [0.15, 0.2) is 45.2 Å². The van der Waals surface area contributed by atoms with Crippen molar-refractivity contribution in [3.63, 3.8) is 0 Å². The van der Waals surface area contributed by atoms with E-state index in [-0.39, 0.29) is 17.4 Å². The van der Waals surface area contributed by atoms with Crippen LogP contribution in [0, 0.1) is 0 Å². The van der Waals surface area contributed by atoms with Crippen molar-refractivity contribution in [2.75, 3.05) is 5.73 Å². The fourth-order valence-corrected chi connectivity index (χ4v) is 2.70. The molecule has 0 aliphatic rings. The van der Waals surface area contributed by atoms with E-state index in [2.05, 4.69) is 9.97 Å². The molecule has 0 aliphatic carbocycles. The molecule has 6 heteroatoms. The van der Waals surface area contributed by atoms with Crippen LogP contribution in [0.3, 0.4) is 0 Å². The molecule has 0 spiro atoms. The predicted octanol–water partition coefficient (Wildman–Crippen LogP) is 1.91. The van der Waals surface area contributed by atoms with Crippen LogP contribution in [-0.2, 0) is 0 Å². The molecule has 0 radical (unpaired) electrons. The van der Waals surface area contributed by atoms with Gasteiger partial charge in [-0.05, 0) is 18.1 Å². The van der Waals surface area contributed by atoms with Gasteiger partial charge in [0, 0.05) is 17.0 Å². The van der Waals surface area contributed by atoms with Crippen molar-refractivity contribution >= 4 is 17.6 Å². The highest BCUT2D eigenvalue weighted by Gasteiger charge is 2.11. The van der Waals surface area contributed by atoms with E-state index in [0.717, 1.165) is 16.9 Å². The van der Waals surface area contributed by atoms with Crippen molar-refractivity contribution in [3.8, 4) is 0 Å². The van der Waals surface area contributed by atoms with Gasteiger partial charge < -0.3 is 16.5 Å². The average molecular weight is 276 g/mol. The summed E-state index contributed by atoms with van der Waals surface area (Å²) in [5.74, 6) is 0.212. The number of hydrogen-bond acceptors (Lipinski definition) is 5. The van der Waals surface area contributed by atoms with Gasteiger partial charge in [0.2, 0.25) is 0 Å². The molecule has 1 aromatic carbocycles. The van der Waals surface area contributed by atoms with Gasteiger partial charge in [0.05, 0.1) is 0 Å². The Hall–Kier alpha value is -1.79. The summed E-state index contributed by atoms with van der Waals surface area (Å²) in [5, 5.41) is 0.473. The van der Waals surface area contributed by atoms with Crippen LogP contribution in [0.5, 0.6) is 0 Å². The first-order valence-corrected chi connectivity index (χ1v) is 6.81. The second kappa shape index (κ2) is 5.90. The molecule has 0 fully saturated rings. The maximum absolute atomic E-state index is 11.4. The molecule has 1 heterocycles. The fourth-order valence-electron chi connectivity index (χ4n) is 1.71. The van der Waals surface area contributed by atoms with Crippen molar-refractivity contribution in [2.45, 2.75) is 29.4 Å². The maximum atomic E-state index is 11.4. The first-order chi connectivity index (χ1) is 9.10. The van der Waals surface area contributed by atoms with Gasteiger partial charge in [0.1, 0.15) is 5.82 Å². The number of anilines is 1. The number of rotatable bonds is 4. The maximum Gasteiger partial charge on any atom is 0.253 e. The lowest BCUT2D eigenvalue weighted by Crippen LogP contribution is -2.11. The first-order valence-electron chi connectivity index (χ1n) is 5.99. The second-order valence-corrected chi connectivity index (χ2v) is 5.16. The lowest BCUT2D eigenvalue weighted by atomic mass is 10.1. The molecule has 1 aromatic heterocycles. The number of hydrogen-bond donors (Lipinski definition) is 3. The fraction of sp³-hybridized carbons (Fsp3) is 0.231. The number of nitrogens with zero attached hydrogens (tertiary/aromatic N) is 1. The van der Waals surface area contributed by atoms with Crippen molar-refractivity contribution < 1.29 is 0 Å². The van der Waals surface area contributed by atoms with Crippen LogP contribution in [0.2, 0.25) is 0 Å². The number of nitrogens with two attached hydrogens (primary N) is 2. The average Bonchev–Trinajstić information content (AvgIpc) is 2.37. The summed E-state index contributed by atoms with van der Waals surface area (Å²) in [5.41, 5.74) is 12.4. The SMILES string of the molecule is CC[C@@H](N)c1ccccc1Sc1nc(N)cc(=O)[nH]1. The lowest BCUT2D eigenvalue weighted by Gasteiger charge is -2.13. The van der Waals surface area contributed by atoms with Crippen LogP contribution in [0.1, 0.15) is 24.9 Å². The van der Waals surface area contributed by atoms with Gasteiger partial charge in [0.15, 0.2) is 5.16 Å². The third-order valence-electron chi connectivity index (χ3n) is 2.70. The van der Waals surface area contributed by atoms with E-state index in [1.807, 2.05) is 31.2 Å². The molecular weight excluding hydrogens is 260 g/mol. The van der Waals surface area contributed by atoms with Gasteiger partial charge >= 0.3 is 0 Å². The molecule has 5 N–H and O–H groups in total. The van der Waals surface area contributed by atoms with Crippen molar-refractivity contribution in [1.82, 2.24) is 9.97 Å². The Morgan fingerprint density at radius 1 is 1.42 bits per heavy atom. The van der Waals surface area contributed by atoms with Gasteiger partial charge in [-0.2, -0.15) is 0 Å². The Morgan fingerprint density at radius 3 is 2.84 bits per heavy atom. The minimum atomic E-state index is -0.257. The number of aromatic amines is 1. The number of nitrogens with one attached hydrogen (secondary N) is 1. The summed E-state index contributed by atoms with van der Waals surface area (Å²) in [6, 6.07) is 9.05. The number of benzene rings is 1. The largest absolute Gasteiger partial charge is 0.383 e. The van der Waals surface area contributed by atoms with Gasteiger partial charge in [0.25, 0.3) is 5.56 Å². The van der Waals surface area contributed by atoms with Gasteiger partial charge in [-0.1, -0.05) is 36.9 Å². The van der Waals surface area contributed by atoms with Crippen LogP contribution in [0.4, 0.5) is 5.82 Å². The zero-order valence-corrected chi connectivity index (χ0v) is 11.4. The highest BCUT2D eigenvalue weighted by atomic mass is 32.2. The van der Waals surface area contributed by atoms with Crippen molar-refractivity contribution in [2.24, 2.45) is 5.73 Å². The summed E-state index contributed by atoms with van der Waals surface area (Å²) in [7, 11) is 0. The Labute approximate surface area is 115 Å². The number of H-pyrrole nitrogens is 1. The second-order valence-electron chi connectivity index (χ2n) is 4.13. The third-order valence-corrected chi connectivity index (χ3v) is 3.68. The molecule has 0 aliphatic heterocycles. The molecule has 2 aromatic rings. The standard InChI is InChI=1S/C13H16N4OS/c1-2-9(14)8-5-3-4-6-10(8)19-13-16-11(15)7-12(18)17-13/h3-7,9H,2,14H2,1H3,(H3,15,16,17,18)/t9-/m1/s1. The topological polar surface area (TPSA) is 97.8 Å². The first kappa shape index (κ1) is 13.6. The van der Waals surface area contributed by atoms with Crippen molar-refractivity contribution in [3.05, 3.63) is 46.2 Å². The molecular formula is C13H16N4OS. The molecule has 1 atom stereocenters. The summed E-state index contributed by atoms with van der Waals surface area (Å²) >= 11 is 1.36. The summed E-state index contributed by atoms with van der Waals surface area (Å²) in [6.45, 7) is 2.03. The Balaban J connectivity index is 2.35. The molecule has 100 valence electrons. The van der Waals surface area contributed by atoms with Gasteiger partial charge in [-0.15, -0.1) is 0 Å². The summed E-state index contributed by atoms with van der Waals surface area (Å²) in [6.07, 6.45) is 0.846. The minimum absolute atomic E-state index is 0.0310. The van der Waals surface area contributed by atoms with Gasteiger partial charge in [-0.25, -0.2) is 4.98 Å². The summed E-state index contributed by atoms with van der Waals surface area (Å²) < 4.78 is 0. The highest BCUT2D eigenvalue weighted by Crippen LogP contribution is 2.31. The van der Waals surface area contributed by atoms with Crippen LogP contribution >= 0.6 is 11.8 Å². The van der Waals surface area contributed by atoms with E-state index in [4.69, 9.17) is 11.5 Å². The Morgan fingerprint density at radius 2 is 2.16 bits per heavy atom. The number of aromatic nitrogens is 2. The van der Waals surface area contributed by atoms with E-state index >= 15 is 0 Å². The highest BCUT2D eigenvalue weighted by molar-refractivity contribution is 7.99. The quantitative estimate of drug-likeness (QED) is 0.741. The van der Waals surface area contributed by atoms with Gasteiger partial charge in [-0.3, -0.25) is 4.79 Å². The van der Waals surface area contributed by atoms with Crippen LogP contribution in [0.25, 0.3) is 0 Å². The van der Waals surface area contributed by atoms with E-state index in [9.17, 15) is 4.79 Å².